The maximum Gasteiger partial charge on any atom is 0.162 e. The molecule has 4 heterocycles. The van der Waals surface area contributed by atoms with Gasteiger partial charge in [0.15, 0.2) is 5.82 Å². The molecule has 0 bridgehead atoms. The second-order valence-electron chi connectivity index (χ2n) is 6.18. The molecule has 0 amide bonds. The quantitative estimate of drug-likeness (QED) is 0.734. The zero-order valence-corrected chi connectivity index (χ0v) is 14.2. The van der Waals surface area contributed by atoms with Gasteiger partial charge in [-0.25, -0.2) is 9.97 Å². The second kappa shape index (κ2) is 6.94. The Morgan fingerprint density at radius 3 is 2.36 bits per heavy atom. The number of hydrogen-bond acceptors (Lipinski definition) is 6. The first kappa shape index (κ1) is 15.7. The summed E-state index contributed by atoms with van der Waals surface area (Å²) < 4.78 is 0. The Morgan fingerprint density at radius 1 is 0.840 bits per heavy atom. The molecule has 1 fully saturated rings. The van der Waals surface area contributed by atoms with Crippen LogP contribution < -0.4 is 4.90 Å². The molecule has 1 aliphatic heterocycles. The number of pyridine rings is 2. The minimum atomic E-state index is 0.708. The first-order chi connectivity index (χ1) is 12.3. The molecule has 0 radical (unpaired) electrons. The van der Waals surface area contributed by atoms with E-state index >= 15 is 0 Å². The Labute approximate surface area is 147 Å². The van der Waals surface area contributed by atoms with Gasteiger partial charge in [0.1, 0.15) is 5.82 Å². The number of piperazine rings is 1. The fraction of sp³-hybridized carbons (Fsp3) is 0.263. The van der Waals surface area contributed by atoms with Crippen molar-refractivity contribution in [2.45, 2.75) is 0 Å². The minimum absolute atomic E-state index is 0.708. The molecule has 3 aromatic heterocycles. The van der Waals surface area contributed by atoms with Crippen LogP contribution in [0.3, 0.4) is 0 Å². The largest absolute Gasteiger partial charge is 0.354 e. The van der Waals surface area contributed by atoms with Crippen molar-refractivity contribution in [2.24, 2.45) is 0 Å². The zero-order chi connectivity index (χ0) is 17.1. The fourth-order valence-corrected chi connectivity index (χ4v) is 2.91. The van der Waals surface area contributed by atoms with Gasteiger partial charge in [0, 0.05) is 56.4 Å². The van der Waals surface area contributed by atoms with E-state index in [1.807, 2.05) is 36.4 Å². The van der Waals surface area contributed by atoms with E-state index < -0.39 is 0 Å². The molecule has 1 aliphatic rings. The third-order valence-electron chi connectivity index (χ3n) is 4.41. The summed E-state index contributed by atoms with van der Waals surface area (Å²) in [6.07, 6.45) is 5.32. The first-order valence-corrected chi connectivity index (χ1v) is 8.44. The van der Waals surface area contributed by atoms with Crippen LogP contribution in [-0.2, 0) is 0 Å². The third-order valence-corrected chi connectivity index (χ3v) is 4.41. The van der Waals surface area contributed by atoms with Crippen LogP contribution in [-0.4, -0.2) is 58.1 Å². The van der Waals surface area contributed by atoms with E-state index in [1.165, 1.54) is 0 Å². The van der Waals surface area contributed by atoms with Crippen LogP contribution in [0.5, 0.6) is 0 Å². The smallest absolute Gasteiger partial charge is 0.162 e. The molecule has 126 valence electrons. The monoisotopic (exact) mass is 332 g/mol. The molecule has 0 aliphatic carbocycles. The average molecular weight is 332 g/mol. The molecule has 0 saturated carbocycles. The molecular weight excluding hydrogens is 312 g/mol. The number of anilines is 1. The van der Waals surface area contributed by atoms with Crippen LogP contribution in [0, 0.1) is 0 Å². The summed E-state index contributed by atoms with van der Waals surface area (Å²) in [5.41, 5.74) is 2.66. The van der Waals surface area contributed by atoms with Crippen LogP contribution in [0.25, 0.3) is 22.8 Å². The number of nitrogens with zero attached hydrogens (tertiary/aromatic N) is 6. The number of aromatic nitrogens is 4. The SMILES string of the molecule is CN1CCN(c2cc(-c3ccccn3)nc(-c3ccncc3)n2)CC1. The van der Waals surface area contributed by atoms with E-state index in [-0.39, 0.29) is 0 Å². The van der Waals surface area contributed by atoms with Crippen LogP contribution in [0.2, 0.25) is 0 Å². The summed E-state index contributed by atoms with van der Waals surface area (Å²) in [6, 6.07) is 11.8. The summed E-state index contributed by atoms with van der Waals surface area (Å²) in [5.74, 6) is 1.66. The van der Waals surface area contributed by atoms with Gasteiger partial charge in [-0.2, -0.15) is 0 Å². The van der Waals surface area contributed by atoms with Gasteiger partial charge >= 0.3 is 0 Å². The highest BCUT2D eigenvalue weighted by Gasteiger charge is 2.18. The number of rotatable bonds is 3. The number of hydrogen-bond donors (Lipinski definition) is 0. The van der Waals surface area contributed by atoms with Gasteiger partial charge in [0.25, 0.3) is 0 Å². The Kier molecular flexibility index (Phi) is 4.35. The van der Waals surface area contributed by atoms with Gasteiger partial charge in [0.2, 0.25) is 0 Å². The van der Waals surface area contributed by atoms with Gasteiger partial charge < -0.3 is 9.80 Å². The Morgan fingerprint density at radius 2 is 1.64 bits per heavy atom. The van der Waals surface area contributed by atoms with Crippen molar-refractivity contribution in [3.05, 3.63) is 55.0 Å². The van der Waals surface area contributed by atoms with Crippen LogP contribution in [0.15, 0.2) is 55.0 Å². The lowest BCUT2D eigenvalue weighted by Gasteiger charge is -2.33. The second-order valence-corrected chi connectivity index (χ2v) is 6.18. The van der Waals surface area contributed by atoms with E-state index in [4.69, 9.17) is 9.97 Å². The fourth-order valence-electron chi connectivity index (χ4n) is 2.91. The van der Waals surface area contributed by atoms with Crippen molar-refractivity contribution in [3.63, 3.8) is 0 Å². The van der Waals surface area contributed by atoms with E-state index in [0.717, 1.165) is 48.9 Å². The predicted molar refractivity (Wildman–Crippen MR) is 98.2 cm³/mol. The molecule has 25 heavy (non-hydrogen) atoms. The zero-order valence-electron chi connectivity index (χ0n) is 14.2. The van der Waals surface area contributed by atoms with Crippen molar-refractivity contribution in [2.75, 3.05) is 38.1 Å². The Balaban J connectivity index is 1.78. The highest BCUT2D eigenvalue weighted by Crippen LogP contribution is 2.25. The Hall–Kier alpha value is -2.86. The molecule has 0 atom stereocenters. The van der Waals surface area contributed by atoms with E-state index in [9.17, 15) is 0 Å². The number of likely N-dealkylation sites (N-methyl/N-ethyl adjacent to an activating group) is 1. The van der Waals surface area contributed by atoms with Crippen molar-refractivity contribution in [1.29, 1.82) is 0 Å². The predicted octanol–water partition coefficient (Wildman–Crippen LogP) is 2.35. The van der Waals surface area contributed by atoms with Gasteiger partial charge in [-0.15, -0.1) is 0 Å². The highest BCUT2D eigenvalue weighted by atomic mass is 15.3. The van der Waals surface area contributed by atoms with Crippen molar-refractivity contribution < 1.29 is 0 Å². The molecule has 6 nitrogen and oxygen atoms in total. The van der Waals surface area contributed by atoms with Crippen molar-refractivity contribution >= 4 is 5.82 Å². The maximum absolute atomic E-state index is 4.82. The van der Waals surface area contributed by atoms with E-state index in [2.05, 4.69) is 26.8 Å². The van der Waals surface area contributed by atoms with Crippen LogP contribution in [0.4, 0.5) is 5.82 Å². The molecule has 0 spiro atoms. The summed E-state index contributed by atoms with van der Waals surface area (Å²) in [5, 5.41) is 0. The molecule has 1 saturated heterocycles. The van der Waals surface area contributed by atoms with Gasteiger partial charge in [-0.05, 0) is 31.3 Å². The van der Waals surface area contributed by atoms with Gasteiger partial charge in [0.05, 0.1) is 11.4 Å². The summed E-state index contributed by atoms with van der Waals surface area (Å²) in [6.45, 7) is 4.00. The summed E-state index contributed by atoms with van der Waals surface area (Å²) in [4.78, 5) is 22.8. The molecule has 0 unspecified atom stereocenters. The van der Waals surface area contributed by atoms with Crippen molar-refractivity contribution in [1.82, 2.24) is 24.8 Å². The van der Waals surface area contributed by atoms with Gasteiger partial charge in [-0.3, -0.25) is 9.97 Å². The normalized spacial score (nSPS) is 15.3. The first-order valence-electron chi connectivity index (χ1n) is 8.44. The molecule has 6 heteroatoms. The molecule has 0 N–H and O–H groups in total. The summed E-state index contributed by atoms with van der Waals surface area (Å²) in [7, 11) is 2.15. The molecule has 4 rings (SSSR count). The lowest BCUT2D eigenvalue weighted by Crippen LogP contribution is -2.44. The molecule has 0 aromatic carbocycles. The highest BCUT2D eigenvalue weighted by molar-refractivity contribution is 5.65. The lowest BCUT2D eigenvalue weighted by atomic mass is 10.2. The van der Waals surface area contributed by atoms with Crippen LogP contribution >= 0.6 is 0 Å². The maximum atomic E-state index is 4.82. The topological polar surface area (TPSA) is 58.0 Å². The Bertz CT molecular complexity index is 771. The van der Waals surface area contributed by atoms with Crippen molar-refractivity contribution in [3.8, 4) is 22.8 Å². The lowest BCUT2D eigenvalue weighted by molar-refractivity contribution is 0.312. The summed E-state index contributed by atoms with van der Waals surface area (Å²) >= 11 is 0. The van der Waals surface area contributed by atoms with Gasteiger partial charge in [-0.1, -0.05) is 6.07 Å². The minimum Gasteiger partial charge on any atom is -0.354 e. The third kappa shape index (κ3) is 3.49. The standard InChI is InChI=1S/C19H20N6/c1-24-10-12-25(13-11-24)18-14-17(16-4-2-3-7-21-16)22-19(23-18)15-5-8-20-9-6-15/h2-9,14H,10-13H2,1H3. The average Bonchev–Trinajstić information content (AvgIpc) is 2.69. The van der Waals surface area contributed by atoms with Crippen LogP contribution in [0.1, 0.15) is 0 Å². The van der Waals surface area contributed by atoms with E-state index in [1.54, 1.807) is 18.6 Å². The molecular formula is C19H20N6. The molecule has 3 aromatic rings. The van der Waals surface area contributed by atoms with E-state index in [0.29, 0.717) is 5.82 Å².